The molecule has 0 bridgehead atoms. The highest BCUT2D eigenvalue weighted by molar-refractivity contribution is 9.10. The van der Waals surface area contributed by atoms with Crippen LogP contribution in [0.25, 0.3) is 0 Å². The van der Waals surface area contributed by atoms with Crippen LogP contribution in [-0.4, -0.2) is 46.6 Å². The van der Waals surface area contributed by atoms with Gasteiger partial charge in [-0.05, 0) is 17.7 Å². The fourth-order valence-electron chi connectivity index (χ4n) is 1.45. The molecule has 0 N–H and O–H groups in total. The zero-order valence-corrected chi connectivity index (χ0v) is 13.3. The van der Waals surface area contributed by atoms with Crippen LogP contribution < -0.4 is 0 Å². The van der Waals surface area contributed by atoms with E-state index in [1.54, 1.807) is 19.2 Å². The van der Waals surface area contributed by atoms with E-state index in [1.807, 2.05) is 6.07 Å². The monoisotopic (exact) mass is 346 g/mol. The SMILES string of the molecule is COCCOCCOCc1ccc(C(=O)OC)cc1Br. The molecule has 1 rings (SSSR count). The van der Waals surface area contributed by atoms with E-state index in [2.05, 4.69) is 20.7 Å². The summed E-state index contributed by atoms with van der Waals surface area (Å²) in [6.07, 6.45) is 0. The highest BCUT2D eigenvalue weighted by Gasteiger charge is 2.08. The normalized spacial score (nSPS) is 10.6. The van der Waals surface area contributed by atoms with E-state index in [0.717, 1.165) is 10.0 Å². The number of carbonyl (C=O) groups is 1. The largest absolute Gasteiger partial charge is 0.465 e. The average molecular weight is 347 g/mol. The number of hydrogen-bond acceptors (Lipinski definition) is 5. The zero-order valence-electron chi connectivity index (χ0n) is 11.7. The number of esters is 1. The Morgan fingerprint density at radius 2 is 1.80 bits per heavy atom. The van der Waals surface area contributed by atoms with Crippen molar-refractivity contribution in [1.82, 2.24) is 0 Å². The summed E-state index contributed by atoms with van der Waals surface area (Å²) in [4.78, 5) is 11.4. The van der Waals surface area contributed by atoms with Crippen LogP contribution in [0.1, 0.15) is 15.9 Å². The average Bonchev–Trinajstić information content (AvgIpc) is 2.46. The highest BCUT2D eigenvalue weighted by atomic mass is 79.9. The molecule has 0 radical (unpaired) electrons. The predicted molar refractivity (Wildman–Crippen MR) is 77.8 cm³/mol. The first-order valence-electron chi connectivity index (χ1n) is 6.20. The van der Waals surface area contributed by atoms with E-state index in [9.17, 15) is 4.79 Å². The topological polar surface area (TPSA) is 54.0 Å². The van der Waals surface area contributed by atoms with Gasteiger partial charge in [0.05, 0.1) is 45.7 Å². The van der Waals surface area contributed by atoms with Crippen LogP contribution in [-0.2, 0) is 25.6 Å². The number of ether oxygens (including phenoxy) is 4. The standard InChI is InChI=1S/C14H19BrO5/c1-17-5-6-19-7-8-20-10-12-4-3-11(9-13(12)15)14(16)18-2/h3-4,9H,5-8,10H2,1-2H3. The molecule has 0 aliphatic heterocycles. The maximum atomic E-state index is 11.4. The molecule has 0 heterocycles. The first-order valence-corrected chi connectivity index (χ1v) is 6.99. The van der Waals surface area contributed by atoms with E-state index < -0.39 is 0 Å². The number of halogens is 1. The molecule has 0 atom stereocenters. The minimum absolute atomic E-state index is 0.357. The molecule has 20 heavy (non-hydrogen) atoms. The summed E-state index contributed by atoms with van der Waals surface area (Å²) in [5, 5.41) is 0. The summed E-state index contributed by atoms with van der Waals surface area (Å²) >= 11 is 3.41. The van der Waals surface area contributed by atoms with Gasteiger partial charge in [0.1, 0.15) is 0 Å². The number of rotatable bonds is 9. The molecule has 0 saturated carbocycles. The molecule has 1 aromatic carbocycles. The van der Waals surface area contributed by atoms with E-state index in [0.29, 0.717) is 38.6 Å². The minimum Gasteiger partial charge on any atom is -0.465 e. The summed E-state index contributed by atoms with van der Waals surface area (Å²) in [7, 11) is 2.99. The third kappa shape index (κ3) is 6.00. The second-order valence-corrected chi connectivity index (χ2v) is 4.81. The Labute approximate surface area is 127 Å². The molecule has 6 heteroatoms. The van der Waals surface area contributed by atoms with Gasteiger partial charge < -0.3 is 18.9 Å². The van der Waals surface area contributed by atoms with Crippen LogP contribution in [0.2, 0.25) is 0 Å². The molecule has 112 valence electrons. The maximum absolute atomic E-state index is 11.4. The van der Waals surface area contributed by atoms with Crippen LogP contribution in [0.15, 0.2) is 22.7 Å². The lowest BCUT2D eigenvalue weighted by Crippen LogP contribution is -2.08. The van der Waals surface area contributed by atoms with Crippen molar-refractivity contribution in [2.75, 3.05) is 40.6 Å². The summed E-state index contributed by atoms with van der Waals surface area (Å²) in [6.45, 7) is 2.64. The van der Waals surface area contributed by atoms with E-state index in [4.69, 9.17) is 14.2 Å². The van der Waals surface area contributed by atoms with Gasteiger partial charge in [-0.2, -0.15) is 0 Å². The Morgan fingerprint density at radius 3 is 2.45 bits per heavy atom. The third-order valence-corrected chi connectivity index (χ3v) is 3.27. The first-order chi connectivity index (χ1) is 9.69. The fraction of sp³-hybridized carbons (Fsp3) is 0.500. The smallest absolute Gasteiger partial charge is 0.337 e. The molecular formula is C14H19BrO5. The quantitative estimate of drug-likeness (QED) is 0.507. The van der Waals surface area contributed by atoms with Gasteiger partial charge in [-0.15, -0.1) is 0 Å². The molecule has 0 aliphatic rings. The maximum Gasteiger partial charge on any atom is 0.337 e. The van der Waals surface area contributed by atoms with Gasteiger partial charge in [0.25, 0.3) is 0 Å². The van der Waals surface area contributed by atoms with Gasteiger partial charge in [-0.25, -0.2) is 4.79 Å². The number of carbonyl (C=O) groups excluding carboxylic acids is 1. The van der Waals surface area contributed by atoms with Gasteiger partial charge in [-0.3, -0.25) is 0 Å². The second kappa shape index (κ2) is 9.88. The van der Waals surface area contributed by atoms with Gasteiger partial charge in [0.15, 0.2) is 0 Å². The van der Waals surface area contributed by atoms with Crippen LogP contribution in [0, 0.1) is 0 Å². The van der Waals surface area contributed by atoms with Gasteiger partial charge in [0, 0.05) is 11.6 Å². The first kappa shape index (κ1) is 17.1. The van der Waals surface area contributed by atoms with Crippen LogP contribution in [0.4, 0.5) is 0 Å². The minimum atomic E-state index is -0.357. The van der Waals surface area contributed by atoms with E-state index in [-0.39, 0.29) is 5.97 Å². The third-order valence-electron chi connectivity index (χ3n) is 2.54. The number of benzene rings is 1. The summed E-state index contributed by atoms with van der Waals surface area (Å²) < 4.78 is 21.1. The molecule has 0 aromatic heterocycles. The van der Waals surface area contributed by atoms with Crippen LogP contribution in [0.3, 0.4) is 0 Å². The number of hydrogen-bond donors (Lipinski definition) is 0. The van der Waals surface area contributed by atoms with Crippen molar-refractivity contribution in [3.8, 4) is 0 Å². The lowest BCUT2D eigenvalue weighted by molar-refractivity contribution is 0.0198. The summed E-state index contributed by atoms with van der Waals surface area (Å²) in [6, 6.07) is 5.27. The fourth-order valence-corrected chi connectivity index (χ4v) is 1.95. The Hall–Kier alpha value is -0.950. The Balaban J connectivity index is 2.32. The van der Waals surface area contributed by atoms with Crippen molar-refractivity contribution >= 4 is 21.9 Å². The lowest BCUT2D eigenvalue weighted by Gasteiger charge is -2.08. The van der Waals surface area contributed by atoms with Gasteiger partial charge in [-0.1, -0.05) is 22.0 Å². The molecule has 0 aliphatic carbocycles. The van der Waals surface area contributed by atoms with Crippen LogP contribution >= 0.6 is 15.9 Å². The highest BCUT2D eigenvalue weighted by Crippen LogP contribution is 2.20. The molecule has 0 saturated heterocycles. The van der Waals surface area contributed by atoms with Gasteiger partial charge >= 0.3 is 5.97 Å². The Kier molecular flexibility index (Phi) is 8.45. The van der Waals surface area contributed by atoms with Crippen molar-refractivity contribution in [1.29, 1.82) is 0 Å². The van der Waals surface area contributed by atoms with Crippen molar-refractivity contribution < 1.29 is 23.7 Å². The number of methoxy groups -OCH3 is 2. The molecule has 0 unspecified atom stereocenters. The van der Waals surface area contributed by atoms with E-state index in [1.165, 1.54) is 7.11 Å². The Morgan fingerprint density at radius 1 is 1.10 bits per heavy atom. The molecule has 0 spiro atoms. The van der Waals surface area contributed by atoms with E-state index >= 15 is 0 Å². The van der Waals surface area contributed by atoms with Crippen molar-refractivity contribution in [3.05, 3.63) is 33.8 Å². The van der Waals surface area contributed by atoms with Crippen LogP contribution in [0.5, 0.6) is 0 Å². The molecular weight excluding hydrogens is 328 g/mol. The lowest BCUT2D eigenvalue weighted by atomic mass is 10.1. The summed E-state index contributed by atoms with van der Waals surface area (Å²) in [5.41, 5.74) is 1.47. The van der Waals surface area contributed by atoms with Crippen molar-refractivity contribution in [2.24, 2.45) is 0 Å². The zero-order chi connectivity index (χ0) is 14.8. The van der Waals surface area contributed by atoms with Gasteiger partial charge in [0.2, 0.25) is 0 Å². The Bertz CT molecular complexity index is 422. The predicted octanol–water partition coefficient (Wildman–Crippen LogP) is 2.42. The second-order valence-electron chi connectivity index (χ2n) is 3.96. The van der Waals surface area contributed by atoms with Crippen molar-refractivity contribution in [2.45, 2.75) is 6.61 Å². The summed E-state index contributed by atoms with van der Waals surface area (Å²) in [5.74, 6) is -0.357. The molecule has 5 nitrogen and oxygen atoms in total. The molecule has 0 amide bonds. The molecule has 0 fully saturated rings. The molecule has 1 aromatic rings. The van der Waals surface area contributed by atoms with Crippen molar-refractivity contribution in [3.63, 3.8) is 0 Å².